The van der Waals surface area contributed by atoms with Gasteiger partial charge in [0, 0.05) is 32.0 Å². The minimum Gasteiger partial charge on any atom is -0.347 e. The molecule has 2 unspecified atom stereocenters. The summed E-state index contributed by atoms with van der Waals surface area (Å²) in [6.45, 7) is 9.73. The maximum absolute atomic E-state index is 13.1. The predicted molar refractivity (Wildman–Crippen MR) is 107 cm³/mol. The van der Waals surface area contributed by atoms with Crippen molar-refractivity contribution in [1.29, 1.82) is 0 Å². The Morgan fingerprint density at radius 1 is 1.15 bits per heavy atom. The first-order valence-corrected chi connectivity index (χ1v) is 10.3. The standard InChI is InChI=1S/C22H34N2O3/c1-5-24(6-2)20-16-22(26-13-14-27-22)12-11-19(20)23(4)21(25)15-18-10-8-7-9-17(18)3/h7-10,19-20H,5-6,11-16H2,1-4H3. The van der Waals surface area contributed by atoms with Crippen molar-refractivity contribution in [2.75, 3.05) is 33.4 Å². The Kier molecular flexibility index (Phi) is 6.56. The second-order valence-electron chi connectivity index (χ2n) is 7.81. The van der Waals surface area contributed by atoms with E-state index in [1.807, 2.05) is 24.1 Å². The number of nitrogens with zero attached hydrogens (tertiary/aromatic N) is 2. The molecule has 0 N–H and O–H groups in total. The fourth-order valence-electron chi connectivity index (χ4n) is 4.67. The third-order valence-electron chi connectivity index (χ3n) is 6.37. The van der Waals surface area contributed by atoms with E-state index in [-0.39, 0.29) is 18.0 Å². The molecule has 1 saturated heterocycles. The van der Waals surface area contributed by atoms with Gasteiger partial charge in [-0.2, -0.15) is 0 Å². The normalized spacial score (nSPS) is 24.5. The Bertz CT molecular complexity index is 638. The van der Waals surface area contributed by atoms with Crippen molar-refractivity contribution in [2.45, 2.75) is 64.3 Å². The molecule has 2 atom stereocenters. The number of hydrogen-bond acceptors (Lipinski definition) is 4. The van der Waals surface area contributed by atoms with Crippen LogP contribution >= 0.6 is 0 Å². The molecule has 2 fully saturated rings. The first-order valence-electron chi connectivity index (χ1n) is 10.3. The summed E-state index contributed by atoms with van der Waals surface area (Å²) in [4.78, 5) is 17.5. The third kappa shape index (κ3) is 4.36. The van der Waals surface area contributed by atoms with Gasteiger partial charge in [-0.25, -0.2) is 0 Å². The van der Waals surface area contributed by atoms with Crippen molar-refractivity contribution in [1.82, 2.24) is 9.80 Å². The number of ether oxygens (including phenoxy) is 2. The molecular weight excluding hydrogens is 340 g/mol. The van der Waals surface area contributed by atoms with Gasteiger partial charge in [0.15, 0.2) is 5.79 Å². The summed E-state index contributed by atoms with van der Waals surface area (Å²) in [5, 5.41) is 0. The smallest absolute Gasteiger partial charge is 0.227 e. The molecule has 0 aromatic heterocycles. The molecule has 1 aromatic rings. The Labute approximate surface area is 163 Å². The minimum atomic E-state index is -0.441. The Balaban J connectivity index is 1.75. The lowest BCUT2D eigenvalue weighted by Crippen LogP contribution is -2.59. The fraction of sp³-hybridized carbons (Fsp3) is 0.682. The molecule has 1 spiro atoms. The van der Waals surface area contributed by atoms with Gasteiger partial charge >= 0.3 is 0 Å². The van der Waals surface area contributed by atoms with Gasteiger partial charge in [-0.15, -0.1) is 0 Å². The molecule has 2 aliphatic rings. The number of aryl methyl sites for hydroxylation is 1. The lowest BCUT2D eigenvalue weighted by Gasteiger charge is -2.48. The molecule has 1 heterocycles. The second-order valence-corrected chi connectivity index (χ2v) is 7.81. The van der Waals surface area contributed by atoms with Gasteiger partial charge in [-0.3, -0.25) is 9.69 Å². The second kappa shape index (κ2) is 8.72. The van der Waals surface area contributed by atoms with E-state index in [9.17, 15) is 4.79 Å². The largest absolute Gasteiger partial charge is 0.347 e. The highest BCUT2D eigenvalue weighted by molar-refractivity contribution is 5.79. The van der Waals surface area contributed by atoms with Gasteiger partial charge in [0.1, 0.15) is 0 Å². The third-order valence-corrected chi connectivity index (χ3v) is 6.37. The molecule has 27 heavy (non-hydrogen) atoms. The molecule has 1 amide bonds. The molecule has 150 valence electrons. The quantitative estimate of drug-likeness (QED) is 0.768. The van der Waals surface area contributed by atoms with Gasteiger partial charge in [-0.1, -0.05) is 38.1 Å². The lowest BCUT2D eigenvalue weighted by molar-refractivity contribution is -0.199. The van der Waals surface area contributed by atoms with E-state index in [1.165, 1.54) is 5.56 Å². The van der Waals surface area contributed by atoms with E-state index in [4.69, 9.17) is 9.47 Å². The van der Waals surface area contributed by atoms with Crippen LogP contribution in [0.3, 0.4) is 0 Å². The van der Waals surface area contributed by atoms with Crippen LogP contribution in [0.1, 0.15) is 44.2 Å². The average molecular weight is 375 g/mol. The van der Waals surface area contributed by atoms with Crippen LogP contribution in [0.25, 0.3) is 0 Å². The summed E-state index contributed by atoms with van der Waals surface area (Å²) in [6.07, 6.45) is 3.07. The summed E-state index contributed by atoms with van der Waals surface area (Å²) < 4.78 is 12.0. The fourth-order valence-corrected chi connectivity index (χ4v) is 4.67. The summed E-state index contributed by atoms with van der Waals surface area (Å²) in [5.74, 6) is -0.250. The van der Waals surface area contributed by atoms with Crippen molar-refractivity contribution in [3.63, 3.8) is 0 Å². The van der Waals surface area contributed by atoms with Crippen LogP contribution in [0.15, 0.2) is 24.3 Å². The number of likely N-dealkylation sites (N-methyl/N-ethyl adjacent to an activating group) is 2. The van der Waals surface area contributed by atoms with Crippen LogP contribution in [0.5, 0.6) is 0 Å². The highest BCUT2D eigenvalue weighted by Gasteiger charge is 2.48. The molecule has 5 heteroatoms. The monoisotopic (exact) mass is 374 g/mol. The van der Waals surface area contributed by atoms with E-state index in [1.54, 1.807) is 0 Å². The molecule has 1 saturated carbocycles. The van der Waals surface area contributed by atoms with Crippen molar-refractivity contribution in [3.05, 3.63) is 35.4 Å². The number of carbonyl (C=O) groups excluding carboxylic acids is 1. The number of carbonyl (C=O) groups is 1. The Morgan fingerprint density at radius 3 is 2.44 bits per heavy atom. The lowest BCUT2D eigenvalue weighted by atomic mass is 9.83. The molecule has 1 aliphatic heterocycles. The Morgan fingerprint density at radius 2 is 1.81 bits per heavy atom. The van der Waals surface area contributed by atoms with Crippen LogP contribution in [-0.2, 0) is 20.7 Å². The van der Waals surface area contributed by atoms with E-state index in [2.05, 4.69) is 37.8 Å². The zero-order chi connectivity index (χ0) is 19.4. The van der Waals surface area contributed by atoms with Gasteiger partial charge in [0.2, 0.25) is 5.91 Å². The summed E-state index contributed by atoms with van der Waals surface area (Å²) in [7, 11) is 1.97. The first-order chi connectivity index (χ1) is 13.0. The van der Waals surface area contributed by atoms with Crippen LogP contribution in [0.4, 0.5) is 0 Å². The number of rotatable bonds is 6. The topological polar surface area (TPSA) is 42.0 Å². The van der Waals surface area contributed by atoms with Crippen molar-refractivity contribution < 1.29 is 14.3 Å². The molecule has 1 aliphatic carbocycles. The minimum absolute atomic E-state index is 0.190. The molecule has 0 radical (unpaired) electrons. The summed E-state index contributed by atoms with van der Waals surface area (Å²) >= 11 is 0. The predicted octanol–water partition coefficient (Wildman–Crippen LogP) is 3.00. The van der Waals surface area contributed by atoms with Gasteiger partial charge in [0.05, 0.1) is 19.6 Å². The van der Waals surface area contributed by atoms with Crippen LogP contribution in [-0.4, -0.2) is 66.9 Å². The van der Waals surface area contributed by atoms with Gasteiger partial charge in [-0.05, 0) is 37.6 Å². The van der Waals surface area contributed by atoms with Crippen molar-refractivity contribution in [3.8, 4) is 0 Å². The zero-order valence-corrected chi connectivity index (χ0v) is 17.2. The summed E-state index contributed by atoms with van der Waals surface area (Å²) in [5.41, 5.74) is 2.29. The van der Waals surface area contributed by atoms with E-state index in [0.717, 1.165) is 37.9 Å². The number of hydrogen-bond donors (Lipinski definition) is 0. The highest BCUT2D eigenvalue weighted by atomic mass is 16.7. The molecular formula is C22H34N2O3. The maximum Gasteiger partial charge on any atom is 0.227 e. The number of benzene rings is 1. The van der Waals surface area contributed by atoms with Crippen LogP contribution < -0.4 is 0 Å². The van der Waals surface area contributed by atoms with E-state index >= 15 is 0 Å². The molecule has 1 aromatic carbocycles. The Hall–Kier alpha value is -1.43. The first kappa shape index (κ1) is 20.3. The number of amides is 1. The van der Waals surface area contributed by atoms with Crippen molar-refractivity contribution in [2.24, 2.45) is 0 Å². The SMILES string of the molecule is CCN(CC)C1CC2(CCC1N(C)C(=O)Cc1ccccc1C)OCCO2. The van der Waals surface area contributed by atoms with Crippen LogP contribution in [0, 0.1) is 6.92 Å². The highest BCUT2D eigenvalue weighted by Crippen LogP contribution is 2.39. The maximum atomic E-state index is 13.1. The van der Waals surface area contributed by atoms with E-state index < -0.39 is 5.79 Å². The van der Waals surface area contributed by atoms with Gasteiger partial charge in [0.25, 0.3) is 0 Å². The van der Waals surface area contributed by atoms with Crippen LogP contribution in [0.2, 0.25) is 0 Å². The molecule has 0 bridgehead atoms. The van der Waals surface area contributed by atoms with E-state index in [0.29, 0.717) is 19.6 Å². The van der Waals surface area contributed by atoms with Crippen molar-refractivity contribution >= 4 is 5.91 Å². The van der Waals surface area contributed by atoms with Gasteiger partial charge < -0.3 is 14.4 Å². The summed E-state index contributed by atoms with van der Waals surface area (Å²) in [6, 6.07) is 8.61. The molecule has 5 nitrogen and oxygen atoms in total. The zero-order valence-electron chi connectivity index (χ0n) is 17.2. The molecule has 3 rings (SSSR count). The average Bonchev–Trinajstić information content (AvgIpc) is 3.12.